The van der Waals surface area contributed by atoms with E-state index >= 15 is 0 Å². The maximum Gasteiger partial charge on any atom is 0.305 e. The zero-order valence-corrected chi connectivity index (χ0v) is 17.6. The van der Waals surface area contributed by atoms with Crippen LogP contribution >= 0.6 is 0 Å². The predicted octanol–water partition coefficient (Wildman–Crippen LogP) is 3.70. The van der Waals surface area contributed by atoms with E-state index in [2.05, 4.69) is 10.4 Å². The normalized spacial score (nSPS) is 12.2. The summed E-state index contributed by atoms with van der Waals surface area (Å²) >= 11 is 0. The smallest absolute Gasteiger partial charge is 0.305 e. The Labute approximate surface area is 180 Å². The lowest BCUT2D eigenvalue weighted by atomic mass is 10.0. The number of aromatic hydroxyl groups is 1. The molecule has 1 heterocycles. The van der Waals surface area contributed by atoms with Gasteiger partial charge in [0.05, 0.1) is 18.2 Å². The SMILES string of the molecule is CC(C)(C)Oc1ccc(C(CC(=O)O)NC(=O)c2cc(O)n(-c3ccccc3)n2)cc1. The summed E-state index contributed by atoms with van der Waals surface area (Å²) < 4.78 is 7.02. The van der Waals surface area contributed by atoms with Gasteiger partial charge in [-0.25, -0.2) is 4.68 Å². The third-order valence-corrected chi connectivity index (χ3v) is 4.31. The Morgan fingerprint density at radius 3 is 2.32 bits per heavy atom. The third kappa shape index (κ3) is 5.85. The highest BCUT2D eigenvalue weighted by Gasteiger charge is 2.22. The Kier molecular flexibility index (Phi) is 6.29. The zero-order valence-electron chi connectivity index (χ0n) is 17.6. The number of aromatic nitrogens is 2. The largest absolute Gasteiger partial charge is 0.493 e. The summed E-state index contributed by atoms with van der Waals surface area (Å²) in [7, 11) is 0. The van der Waals surface area contributed by atoms with Crippen LogP contribution in [0.2, 0.25) is 0 Å². The molecule has 0 aliphatic heterocycles. The van der Waals surface area contributed by atoms with Crippen molar-refractivity contribution < 1.29 is 24.5 Å². The standard InChI is InChI=1S/C23H25N3O5/c1-23(2,3)31-17-11-9-15(10-12-17)18(14-21(28)29)24-22(30)19-13-20(27)26(25-19)16-7-5-4-6-8-16/h4-13,18,27H,14H2,1-3H3,(H,24,30)(H,28,29). The lowest BCUT2D eigenvalue weighted by Crippen LogP contribution is -2.30. The molecule has 162 valence electrons. The average Bonchev–Trinajstić information content (AvgIpc) is 3.09. The number of hydrogen-bond donors (Lipinski definition) is 3. The molecular weight excluding hydrogens is 398 g/mol. The molecule has 0 fully saturated rings. The van der Waals surface area contributed by atoms with Crippen LogP contribution in [0.15, 0.2) is 60.7 Å². The molecule has 0 aliphatic rings. The molecule has 31 heavy (non-hydrogen) atoms. The molecule has 0 radical (unpaired) electrons. The number of rotatable bonds is 7. The highest BCUT2D eigenvalue weighted by Crippen LogP contribution is 2.24. The van der Waals surface area contributed by atoms with Crippen LogP contribution in [0.3, 0.4) is 0 Å². The Bertz CT molecular complexity index is 1050. The molecule has 3 rings (SSSR count). The molecule has 8 heteroatoms. The maximum absolute atomic E-state index is 12.7. The Hall–Kier alpha value is -3.81. The summed E-state index contributed by atoms with van der Waals surface area (Å²) in [6, 6.07) is 16.2. The number of benzene rings is 2. The van der Waals surface area contributed by atoms with Crippen molar-refractivity contribution in [2.45, 2.75) is 38.8 Å². The first-order chi connectivity index (χ1) is 14.6. The summed E-state index contributed by atoms with van der Waals surface area (Å²) in [6.45, 7) is 5.79. The van der Waals surface area contributed by atoms with Crippen molar-refractivity contribution >= 4 is 11.9 Å². The molecule has 0 saturated heterocycles. The van der Waals surface area contributed by atoms with E-state index < -0.39 is 17.9 Å². The number of hydrogen-bond acceptors (Lipinski definition) is 5. The molecule has 1 unspecified atom stereocenters. The number of nitrogens with zero attached hydrogens (tertiary/aromatic N) is 2. The van der Waals surface area contributed by atoms with Crippen LogP contribution in [0.5, 0.6) is 11.6 Å². The number of carboxylic acids is 1. The van der Waals surface area contributed by atoms with Gasteiger partial charge >= 0.3 is 5.97 Å². The maximum atomic E-state index is 12.7. The lowest BCUT2D eigenvalue weighted by Gasteiger charge is -2.22. The number of ether oxygens (including phenoxy) is 1. The van der Waals surface area contributed by atoms with E-state index in [0.717, 1.165) is 0 Å². The second-order valence-electron chi connectivity index (χ2n) is 8.04. The molecule has 3 aromatic rings. The van der Waals surface area contributed by atoms with Gasteiger partial charge in [-0.05, 0) is 50.6 Å². The van der Waals surface area contributed by atoms with E-state index in [-0.39, 0.29) is 23.6 Å². The number of para-hydroxylation sites is 1. The second kappa shape index (κ2) is 8.91. The average molecular weight is 423 g/mol. The molecule has 1 atom stereocenters. The molecule has 0 aliphatic carbocycles. The van der Waals surface area contributed by atoms with E-state index in [9.17, 15) is 19.8 Å². The van der Waals surface area contributed by atoms with Crippen molar-refractivity contribution in [2.24, 2.45) is 0 Å². The number of aliphatic carboxylic acids is 1. The highest BCUT2D eigenvalue weighted by molar-refractivity contribution is 5.93. The first kappa shape index (κ1) is 21.9. The van der Waals surface area contributed by atoms with E-state index in [1.807, 2.05) is 26.8 Å². The van der Waals surface area contributed by atoms with Crippen LogP contribution in [0.25, 0.3) is 5.69 Å². The minimum absolute atomic E-state index is 0.0237. The van der Waals surface area contributed by atoms with Crippen LogP contribution in [-0.4, -0.2) is 37.5 Å². The van der Waals surface area contributed by atoms with Crippen molar-refractivity contribution in [1.29, 1.82) is 0 Å². The zero-order chi connectivity index (χ0) is 22.6. The number of carboxylic acid groups (broad SMARTS) is 1. The summed E-state index contributed by atoms with van der Waals surface area (Å²) in [5.74, 6) is -1.21. The Morgan fingerprint density at radius 1 is 1.10 bits per heavy atom. The number of nitrogens with one attached hydrogen (secondary N) is 1. The first-order valence-corrected chi connectivity index (χ1v) is 9.78. The molecule has 0 saturated carbocycles. The summed E-state index contributed by atoms with van der Waals surface area (Å²) in [5.41, 5.74) is 0.819. The van der Waals surface area contributed by atoms with Gasteiger partial charge in [-0.1, -0.05) is 30.3 Å². The fourth-order valence-electron chi connectivity index (χ4n) is 3.02. The van der Waals surface area contributed by atoms with Crippen molar-refractivity contribution in [3.8, 4) is 17.3 Å². The molecule has 0 bridgehead atoms. The van der Waals surface area contributed by atoms with Crippen molar-refractivity contribution in [3.63, 3.8) is 0 Å². The molecule has 1 amide bonds. The van der Waals surface area contributed by atoms with E-state index in [0.29, 0.717) is 17.0 Å². The molecular formula is C23H25N3O5. The van der Waals surface area contributed by atoms with Gasteiger partial charge in [-0.2, -0.15) is 5.10 Å². The van der Waals surface area contributed by atoms with Gasteiger partial charge in [0.2, 0.25) is 5.88 Å². The fourth-order valence-corrected chi connectivity index (χ4v) is 3.02. The number of amides is 1. The summed E-state index contributed by atoms with van der Waals surface area (Å²) in [4.78, 5) is 24.1. The monoisotopic (exact) mass is 423 g/mol. The van der Waals surface area contributed by atoms with Gasteiger partial charge in [-0.3, -0.25) is 9.59 Å². The summed E-state index contributed by atoms with van der Waals surface area (Å²) in [6.07, 6.45) is -0.309. The van der Waals surface area contributed by atoms with Crippen LogP contribution in [0.4, 0.5) is 0 Å². The fraction of sp³-hybridized carbons (Fsp3) is 0.261. The van der Waals surface area contributed by atoms with Gasteiger partial charge in [0.15, 0.2) is 5.69 Å². The minimum atomic E-state index is -1.06. The van der Waals surface area contributed by atoms with E-state index in [1.54, 1.807) is 48.5 Å². The van der Waals surface area contributed by atoms with E-state index in [1.165, 1.54) is 10.7 Å². The first-order valence-electron chi connectivity index (χ1n) is 9.78. The third-order valence-electron chi connectivity index (χ3n) is 4.31. The van der Waals surface area contributed by atoms with Crippen LogP contribution in [-0.2, 0) is 4.79 Å². The highest BCUT2D eigenvalue weighted by atomic mass is 16.5. The van der Waals surface area contributed by atoms with Crippen LogP contribution < -0.4 is 10.1 Å². The molecule has 3 N–H and O–H groups in total. The van der Waals surface area contributed by atoms with Crippen LogP contribution in [0, 0.1) is 0 Å². The van der Waals surface area contributed by atoms with Crippen LogP contribution in [0.1, 0.15) is 49.3 Å². The van der Waals surface area contributed by atoms with Gasteiger partial charge in [-0.15, -0.1) is 0 Å². The Balaban J connectivity index is 1.80. The number of carbonyl (C=O) groups is 2. The predicted molar refractivity (Wildman–Crippen MR) is 115 cm³/mol. The van der Waals surface area contributed by atoms with Gasteiger partial charge in [0.1, 0.15) is 11.4 Å². The van der Waals surface area contributed by atoms with Crippen molar-refractivity contribution in [3.05, 3.63) is 71.9 Å². The molecule has 2 aromatic carbocycles. The minimum Gasteiger partial charge on any atom is -0.493 e. The van der Waals surface area contributed by atoms with Crippen molar-refractivity contribution in [1.82, 2.24) is 15.1 Å². The topological polar surface area (TPSA) is 114 Å². The quantitative estimate of drug-likeness (QED) is 0.534. The van der Waals surface area contributed by atoms with Gasteiger partial charge < -0.3 is 20.3 Å². The lowest BCUT2D eigenvalue weighted by molar-refractivity contribution is -0.137. The summed E-state index contributed by atoms with van der Waals surface area (Å²) in [5, 5.41) is 26.3. The van der Waals surface area contributed by atoms with Gasteiger partial charge in [0.25, 0.3) is 5.91 Å². The van der Waals surface area contributed by atoms with Crippen molar-refractivity contribution in [2.75, 3.05) is 0 Å². The second-order valence-corrected chi connectivity index (χ2v) is 8.04. The van der Waals surface area contributed by atoms with Gasteiger partial charge in [0, 0.05) is 6.07 Å². The molecule has 8 nitrogen and oxygen atoms in total. The Morgan fingerprint density at radius 2 is 1.74 bits per heavy atom. The molecule has 1 aromatic heterocycles. The number of carbonyl (C=O) groups excluding carboxylic acids is 1. The van der Waals surface area contributed by atoms with E-state index in [4.69, 9.17) is 4.74 Å². The molecule has 0 spiro atoms.